The summed E-state index contributed by atoms with van der Waals surface area (Å²) in [6.45, 7) is 6.48. The quantitative estimate of drug-likeness (QED) is 0.785. The SMILES string of the molecule is COc1cnc(N2CCN(C3CNC3)CC2)nc1. The Hall–Kier alpha value is -1.40. The van der Waals surface area contributed by atoms with Gasteiger partial charge >= 0.3 is 0 Å². The lowest BCUT2D eigenvalue weighted by molar-refractivity contribution is 0.137. The van der Waals surface area contributed by atoms with E-state index in [0.29, 0.717) is 5.75 Å². The van der Waals surface area contributed by atoms with Crippen LogP contribution in [0.15, 0.2) is 12.4 Å². The van der Waals surface area contributed by atoms with Crippen LogP contribution in [0, 0.1) is 0 Å². The average Bonchev–Trinajstić information content (AvgIpc) is 2.38. The molecule has 0 unspecified atom stereocenters. The molecule has 0 bridgehead atoms. The molecule has 1 aromatic rings. The number of rotatable bonds is 3. The van der Waals surface area contributed by atoms with Gasteiger partial charge in [-0.15, -0.1) is 0 Å². The predicted octanol–water partition coefficient (Wildman–Crippen LogP) is -0.421. The van der Waals surface area contributed by atoms with E-state index < -0.39 is 0 Å². The number of ether oxygens (including phenoxy) is 1. The summed E-state index contributed by atoms with van der Waals surface area (Å²) in [5.41, 5.74) is 0. The van der Waals surface area contributed by atoms with Crippen LogP contribution in [-0.2, 0) is 0 Å². The van der Waals surface area contributed by atoms with Crippen LogP contribution < -0.4 is 15.0 Å². The Balaban J connectivity index is 1.57. The maximum Gasteiger partial charge on any atom is 0.225 e. The van der Waals surface area contributed by atoms with E-state index in [9.17, 15) is 0 Å². The molecule has 6 nitrogen and oxygen atoms in total. The smallest absolute Gasteiger partial charge is 0.225 e. The summed E-state index contributed by atoms with van der Waals surface area (Å²) >= 11 is 0. The number of methoxy groups -OCH3 is 1. The Morgan fingerprint density at radius 3 is 2.33 bits per heavy atom. The van der Waals surface area contributed by atoms with Crippen molar-refractivity contribution in [1.82, 2.24) is 20.2 Å². The molecule has 3 heterocycles. The molecule has 0 spiro atoms. The fraction of sp³-hybridized carbons (Fsp3) is 0.667. The van der Waals surface area contributed by atoms with Gasteiger partial charge in [-0.2, -0.15) is 0 Å². The van der Waals surface area contributed by atoms with Crippen LogP contribution in [0.2, 0.25) is 0 Å². The van der Waals surface area contributed by atoms with E-state index in [1.807, 2.05) is 0 Å². The van der Waals surface area contributed by atoms with Crippen molar-refractivity contribution in [3.05, 3.63) is 12.4 Å². The molecule has 1 N–H and O–H groups in total. The van der Waals surface area contributed by atoms with Crippen LogP contribution in [0.5, 0.6) is 5.75 Å². The van der Waals surface area contributed by atoms with Crippen molar-refractivity contribution in [3.8, 4) is 5.75 Å². The van der Waals surface area contributed by atoms with Gasteiger partial charge in [0.25, 0.3) is 0 Å². The highest BCUT2D eigenvalue weighted by Gasteiger charge is 2.28. The predicted molar refractivity (Wildman–Crippen MR) is 69.0 cm³/mol. The van der Waals surface area contributed by atoms with Crippen molar-refractivity contribution in [2.24, 2.45) is 0 Å². The van der Waals surface area contributed by atoms with Gasteiger partial charge in [-0.05, 0) is 0 Å². The molecule has 0 atom stereocenters. The van der Waals surface area contributed by atoms with Gasteiger partial charge in [0.05, 0.1) is 19.5 Å². The van der Waals surface area contributed by atoms with Gasteiger partial charge in [0.1, 0.15) is 0 Å². The highest BCUT2D eigenvalue weighted by atomic mass is 16.5. The average molecular weight is 249 g/mol. The highest BCUT2D eigenvalue weighted by Crippen LogP contribution is 2.15. The number of aromatic nitrogens is 2. The van der Waals surface area contributed by atoms with E-state index in [2.05, 4.69) is 25.1 Å². The minimum absolute atomic E-state index is 0.706. The van der Waals surface area contributed by atoms with Crippen molar-refractivity contribution >= 4 is 5.95 Å². The molecule has 98 valence electrons. The fourth-order valence-corrected chi connectivity index (χ4v) is 2.40. The van der Waals surface area contributed by atoms with Crippen LogP contribution in [0.4, 0.5) is 5.95 Å². The maximum absolute atomic E-state index is 5.07. The molecule has 3 rings (SSSR count). The van der Waals surface area contributed by atoms with Gasteiger partial charge in [0.2, 0.25) is 5.95 Å². The summed E-state index contributed by atoms with van der Waals surface area (Å²) in [4.78, 5) is 13.5. The van der Waals surface area contributed by atoms with Crippen molar-refractivity contribution in [2.45, 2.75) is 6.04 Å². The first-order valence-corrected chi connectivity index (χ1v) is 6.42. The number of anilines is 1. The van der Waals surface area contributed by atoms with Crippen molar-refractivity contribution in [3.63, 3.8) is 0 Å². The lowest BCUT2D eigenvalue weighted by Crippen LogP contribution is -2.61. The molecule has 0 saturated carbocycles. The van der Waals surface area contributed by atoms with Crippen LogP contribution in [0.1, 0.15) is 0 Å². The molecule has 0 aromatic carbocycles. The largest absolute Gasteiger partial charge is 0.494 e. The molecule has 2 fully saturated rings. The van der Waals surface area contributed by atoms with Gasteiger partial charge in [0, 0.05) is 45.3 Å². The van der Waals surface area contributed by atoms with Crippen LogP contribution >= 0.6 is 0 Å². The summed E-state index contributed by atoms with van der Waals surface area (Å²) in [6, 6.07) is 0.740. The third-order valence-corrected chi connectivity index (χ3v) is 3.72. The second kappa shape index (κ2) is 5.07. The first-order chi connectivity index (χ1) is 8.86. The number of hydrogen-bond donors (Lipinski definition) is 1. The van der Waals surface area contributed by atoms with E-state index in [-0.39, 0.29) is 0 Å². The zero-order valence-corrected chi connectivity index (χ0v) is 10.7. The molecule has 0 amide bonds. The number of nitrogens with zero attached hydrogens (tertiary/aromatic N) is 4. The number of nitrogens with one attached hydrogen (secondary N) is 1. The van der Waals surface area contributed by atoms with Gasteiger partial charge < -0.3 is 15.0 Å². The Kier molecular flexibility index (Phi) is 3.29. The Morgan fingerprint density at radius 1 is 1.17 bits per heavy atom. The van der Waals surface area contributed by atoms with Crippen LogP contribution in [0.3, 0.4) is 0 Å². The topological polar surface area (TPSA) is 53.5 Å². The second-order valence-electron chi connectivity index (χ2n) is 4.76. The standard InChI is InChI=1S/C12H19N5O/c1-18-11-8-14-12(15-9-11)17-4-2-16(3-5-17)10-6-13-7-10/h8-10,13H,2-7H2,1H3. The minimum Gasteiger partial charge on any atom is -0.494 e. The Bertz CT molecular complexity index is 384. The van der Waals surface area contributed by atoms with Crippen molar-refractivity contribution < 1.29 is 4.74 Å². The van der Waals surface area contributed by atoms with Gasteiger partial charge in [0.15, 0.2) is 5.75 Å². The summed E-state index contributed by atoms with van der Waals surface area (Å²) in [5.74, 6) is 1.51. The zero-order valence-electron chi connectivity index (χ0n) is 10.7. The molecule has 0 aliphatic carbocycles. The third kappa shape index (κ3) is 2.26. The maximum atomic E-state index is 5.07. The summed E-state index contributed by atoms with van der Waals surface area (Å²) < 4.78 is 5.07. The first-order valence-electron chi connectivity index (χ1n) is 6.42. The Labute approximate surface area is 107 Å². The van der Waals surface area contributed by atoms with Crippen molar-refractivity contribution in [1.29, 1.82) is 0 Å². The fourth-order valence-electron chi connectivity index (χ4n) is 2.40. The number of piperazine rings is 1. The zero-order chi connectivity index (χ0) is 12.4. The van der Waals surface area contributed by atoms with E-state index in [0.717, 1.165) is 51.3 Å². The molecule has 6 heteroatoms. The lowest BCUT2D eigenvalue weighted by atomic mass is 10.1. The second-order valence-corrected chi connectivity index (χ2v) is 4.76. The summed E-state index contributed by atoms with van der Waals surface area (Å²) in [7, 11) is 1.63. The number of hydrogen-bond acceptors (Lipinski definition) is 6. The van der Waals surface area contributed by atoms with Gasteiger partial charge in [-0.1, -0.05) is 0 Å². The minimum atomic E-state index is 0.706. The van der Waals surface area contributed by atoms with Crippen LogP contribution in [0.25, 0.3) is 0 Å². The third-order valence-electron chi connectivity index (χ3n) is 3.72. The summed E-state index contributed by atoms with van der Waals surface area (Å²) in [5, 5.41) is 3.32. The molecule has 18 heavy (non-hydrogen) atoms. The van der Waals surface area contributed by atoms with Crippen LogP contribution in [-0.4, -0.2) is 67.3 Å². The van der Waals surface area contributed by atoms with Gasteiger partial charge in [-0.25, -0.2) is 9.97 Å². The van der Waals surface area contributed by atoms with Gasteiger partial charge in [-0.3, -0.25) is 4.90 Å². The molecule has 2 saturated heterocycles. The first kappa shape index (κ1) is 11.7. The monoisotopic (exact) mass is 249 g/mol. The normalized spacial score (nSPS) is 21.7. The Morgan fingerprint density at radius 2 is 1.83 bits per heavy atom. The van der Waals surface area contributed by atoms with E-state index in [1.54, 1.807) is 19.5 Å². The molecule has 2 aliphatic heterocycles. The molecule has 0 radical (unpaired) electrons. The molecular formula is C12H19N5O. The lowest BCUT2D eigenvalue weighted by Gasteiger charge is -2.43. The summed E-state index contributed by atoms with van der Waals surface area (Å²) in [6.07, 6.45) is 3.45. The van der Waals surface area contributed by atoms with Crippen molar-refractivity contribution in [2.75, 3.05) is 51.3 Å². The molecular weight excluding hydrogens is 230 g/mol. The van der Waals surface area contributed by atoms with E-state index in [4.69, 9.17) is 4.74 Å². The van der Waals surface area contributed by atoms with E-state index >= 15 is 0 Å². The molecule has 1 aromatic heterocycles. The molecule has 2 aliphatic rings. The highest BCUT2D eigenvalue weighted by molar-refractivity contribution is 5.32. The van der Waals surface area contributed by atoms with E-state index in [1.165, 1.54) is 0 Å².